The van der Waals surface area contributed by atoms with Gasteiger partial charge in [-0.2, -0.15) is 0 Å². The fourth-order valence-corrected chi connectivity index (χ4v) is 9.63. The molecule has 0 unspecified atom stereocenters. The van der Waals surface area contributed by atoms with Crippen molar-refractivity contribution in [3.63, 3.8) is 0 Å². The first-order valence-electron chi connectivity index (χ1n) is 25.9. The Balaban J connectivity index is 1.31. The Morgan fingerprint density at radius 2 is 1.17 bits per heavy atom. The lowest BCUT2D eigenvalue weighted by molar-refractivity contribution is 0.466. The molecule has 0 aliphatic heterocycles. The SMILES string of the molecule is [2H]C([2H])([2H])c1cc(-c2ccc(C(C)(C)C)cc2)c(-n2c(-c3cc(C(C)C)cc(C(C)C)c3O)nc3c(-c4cc(-c5ccccc5)cc(-c5cc(-c6ccc(C)cc6)ccn5)c4)cccc32)cc1-c1ccccc1. The molecule has 1 N–H and O–H groups in total. The molecule has 0 bridgehead atoms. The predicted molar refractivity (Wildman–Crippen MR) is 295 cm³/mol. The van der Waals surface area contributed by atoms with Gasteiger partial charge in [0.05, 0.1) is 28.0 Å². The van der Waals surface area contributed by atoms with Gasteiger partial charge in [-0.15, -0.1) is 0 Å². The maximum absolute atomic E-state index is 12.6. The van der Waals surface area contributed by atoms with E-state index in [0.29, 0.717) is 17.0 Å². The van der Waals surface area contributed by atoms with Crippen LogP contribution in [0.25, 0.3) is 95.0 Å². The highest BCUT2D eigenvalue weighted by atomic mass is 16.3. The van der Waals surface area contributed by atoms with Crippen LogP contribution < -0.4 is 0 Å². The Morgan fingerprint density at radius 3 is 1.84 bits per heavy atom. The summed E-state index contributed by atoms with van der Waals surface area (Å²) in [5.74, 6) is 0.888. The fourth-order valence-electron chi connectivity index (χ4n) is 9.63. The maximum Gasteiger partial charge on any atom is 0.149 e. The number of phenolic OH excluding ortho intramolecular Hbond substituents is 1. The molecule has 10 aromatic rings. The smallest absolute Gasteiger partial charge is 0.149 e. The second kappa shape index (κ2) is 18.6. The van der Waals surface area contributed by atoms with Gasteiger partial charge in [0.2, 0.25) is 0 Å². The van der Waals surface area contributed by atoms with Crippen molar-refractivity contribution in [2.75, 3.05) is 0 Å². The van der Waals surface area contributed by atoms with Crippen LogP contribution in [0.3, 0.4) is 0 Å². The quantitative estimate of drug-likeness (QED) is 0.149. The van der Waals surface area contributed by atoms with E-state index in [0.717, 1.165) is 89.2 Å². The molecule has 0 fully saturated rings. The first-order valence-corrected chi connectivity index (χ1v) is 24.4. The molecule has 4 heteroatoms. The van der Waals surface area contributed by atoms with E-state index in [2.05, 4.69) is 193 Å². The fraction of sp³-hybridized carbons (Fsp3) is 0.182. The Hall–Kier alpha value is -7.82. The lowest BCUT2D eigenvalue weighted by atomic mass is 9.85. The maximum atomic E-state index is 12.6. The van der Waals surface area contributed by atoms with Crippen molar-refractivity contribution in [2.45, 2.75) is 79.5 Å². The number of hydrogen-bond acceptors (Lipinski definition) is 3. The van der Waals surface area contributed by atoms with E-state index in [-0.39, 0.29) is 28.6 Å². The van der Waals surface area contributed by atoms with E-state index in [1.54, 1.807) is 0 Å². The van der Waals surface area contributed by atoms with Crippen molar-refractivity contribution in [2.24, 2.45) is 0 Å². The molecule has 10 rings (SSSR count). The summed E-state index contributed by atoms with van der Waals surface area (Å²) < 4.78 is 29.1. The summed E-state index contributed by atoms with van der Waals surface area (Å²) in [6.45, 7) is 14.8. The zero-order valence-electron chi connectivity index (χ0n) is 44.3. The lowest BCUT2D eigenvalue weighted by Gasteiger charge is -2.22. The van der Waals surface area contributed by atoms with E-state index in [1.165, 1.54) is 11.1 Å². The van der Waals surface area contributed by atoms with Gasteiger partial charge in [-0.3, -0.25) is 9.55 Å². The number of nitrogens with zero attached hydrogens (tertiary/aromatic N) is 3. The highest BCUT2D eigenvalue weighted by Gasteiger charge is 2.26. The van der Waals surface area contributed by atoms with Crippen LogP contribution in [0.1, 0.15) is 92.2 Å². The van der Waals surface area contributed by atoms with Gasteiger partial charge >= 0.3 is 0 Å². The van der Waals surface area contributed by atoms with Crippen molar-refractivity contribution >= 4 is 11.0 Å². The van der Waals surface area contributed by atoms with Crippen molar-refractivity contribution in [1.29, 1.82) is 0 Å². The first-order chi connectivity index (χ1) is 34.9. The molecule has 2 aromatic heterocycles. The third-order valence-electron chi connectivity index (χ3n) is 13.7. The average Bonchev–Trinajstić information content (AvgIpc) is 3.78. The summed E-state index contributed by atoms with van der Waals surface area (Å²) in [7, 11) is 0. The summed E-state index contributed by atoms with van der Waals surface area (Å²) >= 11 is 0. The molecule has 0 saturated heterocycles. The molecule has 70 heavy (non-hydrogen) atoms. The lowest BCUT2D eigenvalue weighted by Crippen LogP contribution is -2.10. The van der Waals surface area contributed by atoms with Crippen LogP contribution in [0, 0.1) is 13.8 Å². The van der Waals surface area contributed by atoms with Crippen LogP contribution in [0.15, 0.2) is 188 Å². The monoisotopic (exact) mass is 915 g/mol. The Kier molecular flexibility index (Phi) is 11.2. The van der Waals surface area contributed by atoms with Crippen LogP contribution in [0.2, 0.25) is 0 Å². The average molecular weight is 915 g/mol. The Morgan fingerprint density at radius 1 is 0.529 bits per heavy atom. The molecule has 8 aromatic carbocycles. The Bertz CT molecular complexity index is 3640. The van der Waals surface area contributed by atoms with Gasteiger partial charge in [0.25, 0.3) is 0 Å². The standard InChI is InChI=1S/C66H61N3O/c1-41(2)50-37-56(42(3)4)64(70)59(38-50)65-68-63-55(52-34-51(45-17-12-10-13-18-45)35-53(36-52)60-39-49(31-32-67-60)46-25-23-43(5)24-26-46)21-16-22-61(63)69(65)62-40-57(47-19-14-11-15-20-47)44(6)33-58(62)48-27-29-54(30-28-48)66(7,8)9/h10-42,70H,1-9H3/i6D3. The van der Waals surface area contributed by atoms with Crippen LogP contribution >= 0.6 is 0 Å². The second-order valence-electron chi connectivity index (χ2n) is 20.3. The number of benzene rings is 8. The summed E-state index contributed by atoms with van der Waals surface area (Å²) in [6.07, 6.45) is 1.88. The van der Waals surface area contributed by atoms with E-state index >= 15 is 0 Å². The summed E-state index contributed by atoms with van der Waals surface area (Å²) in [5, 5.41) is 12.6. The molecule has 0 aliphatic carbocycles. The van der Waals surface area contributed by atoms with Crippen LogP contribution in [-0.2, 0) is 5.41 Å². The number of aromatic hydroxyl groups is 1. The van der Waals surface area contributed by atoms with Gasteiger partial charge in [-0.1, -0.05) is 181 Å². The van der Waals surface area contributed by atoms with E-state index in [1.807, 2.05) is 54.7 Å². The minimum Gasteiger partial charge on any atom is -0.507 e. The van der Waals surface area contributed by atoms with Gasteiger partial charge in [-0.05, 0) is 152 Å². The number of fused-ring (bicyclic) bond motifs is 1. The molecule has 0 spiro atoms. The van der Waals surface area contributed by atoms with Crippen molar-refractivity contribution in [3.05, 3.63) is 216 Å². The summed E-state index contributed by atoms with van der Waals surface area (Å²) in [6, 6.07) is 62.4. The van der Waals surface area contributed by atoms with E-state index in [4.69, 9.17) is 14.1 Å². The highest BCUT2D eigenvalue weighted by Crippen LogP contribution is 2.46. The minimum absolute atomic E-state index is 0.0169. The van der Waals surface area contributed by atoms with Crippen LogP contribution in [0.4, 0.5) is 0 Å². The molecule has 4 nitrogen and oxygen atoms in total. The van der Waals surface area contributed by atoms with E-state index in [9.17, 15) is 5.11 Å². The van der Waals surface area contributed by atoms with Gasteiger partial charge in [-0.25, -0.2) is 4.98 Å². The number of hydrogen-bond donors (Lipinski definition) is 1. The van der Waals surface area contributed by atoms with Crippen molar-refractivity contribution < 1.29 is 9.22 Å². The largest absolute Gasteiger partial charge is 0.507 e. The number of aromatic nitrogens is 3. The third kappa shape index (κ3) is 8.87. The van der Waals surface area contributed by atoms with Gasteiger partial charge in [0.15, 0.2) is 0 Å². The Labute approximate surface area is 418 Å². The number of phenols is 1. The van der Waals surface area contributed by atoms with E-state index < -0.39 is 6.85 Å². The van der Waals surface area contributed by atoms with Gasteiger partial charge < -0.3 is 5.11 Å². The van der Waals surface area contributed by atoms with Crippen LogP contribution in [-0.4, -0.2) is 19.6 Å². The molecule has 0 atom stereocenters. The molecular weight excluding hydrogens is 851 g/mol. The number of imidazole rings is 1. The molecule has 2 heterocycles. The zero-order chi connectivity index (χ0) is 51.3. The number of pyridine rings is 1. The normalized spacial score (nSPS) is 12.6. The molecule has 0 amide bonds. The summed E-state index contributed by atoms with van der Waals surface area (Å²) in [5.41, 5.74) is 18.2. The zero-order valence-corrected chi connectivity index (χ0v) is 41.3. The highest BCUT2D eigenvalue weighted by molar-refractivity contribution is 5.99. The van der Waals surface area contributed by atoms with Crippen molar-refractivity contribution in [1.82, 2.24) is 14.5 Å². The third-order valence-corrected chi connectivity index (χ3v) is 13.7. The first kappa shape index (κ1) is 42.3. The molecule has 346 valence electrons. The molecular formula is C66H61N3O. The van der Waals surface area contributed by atoms with Crippen molar-refractivity contribution in [3.8, 4) is 89.7 Å². The predicted octanol–water partition coefficient (Wildman–Crippen LogP) is 18.0. The van der Waals surface area contributed by atoms with Gasteiger partial charge in [0, 0.05) is 27.0 Å². The number of para-hydroxylation sites is 1. The topological polar surface area (TPSA) is 50.9 Å². The number of aryl methyl sites for hydroxylation is 2. The molecule has 0 radical (unpaired) electrons. The molecule has 0 saturated carbocycles. The molecule has 0 aliphatic rings. The van der Waals surface area contributed by atoms with Gasteiger partial charge in [0.1, 0.15) is 11.6 Å². The number of rotatable bonds is 10. The second-order valence-corrected chi connectivity index (χ2v) is 20.3. The summed E-state index contributed by atoms with van der Waals surface area (Å²) in [4.78, 5) is 10.7. The minimum atomic E-state index is -2.44. The van der Waals surface area contributed by atoms with Crippen LogP contribution in [0.5, 0.6) is 5.75 Å².